The van der Waals surface area contributed by atoms with Crippen molar-refractivity contribution in [2.24, 2.45) is 0 Å². The Balaban J connectivity index is 0.000000853. The first-order chi connectivity index (χ1) is 6.86. The van der Waals surface area contributed by atoms with Gasteiger partial charge in [0.2, 0.25) is 0 Å². The van der Waals surface area contributed by atoms with Crippen LogP contribution in [0.1, 0.15) is 11.1 Å². The van der Waals surface area contributed by atoms with Gasteiger partial charge in [-0.15, -0.1) is 0 Å². The average molecular weight is 198 g/mol. The van der Waals surface area contributed by atoms with Crippen LogP contribution < -0.4 is 0 Å². The van der Waals surface area contributed by atoms with Crippen LogP contribution in [0, 0.1) is 0 Å². The van der Waals surface area contributed by atoms with Gasteiger partial charge in [0.15, 0.2) is 5.78 Å². The molecule has 0 radical (unpaired) electrons. The zero-order chi connectivity index (χ0) is 9.54. The molecular formula is C13H10O2. The molecule has 74 valence electrons. The smallest absolute Gasteiger partial charge is 0.186 e. The van der Waals surface area contributed by atoms with Crippen molar-refractivity contribution in [3.8, 4) is 0 Å². The van der Waals surface area contributed by atoms with Crippen molar-refractivity contribution in [3.63, 3.8) is 0 Å². The van der Waals surface area contributed by atoms with E-state index in [1.807, 2.05) is 36.4 Å². The highest BCUT2D eigenvalue weighted by Crippen LogP contribution is 2.37. The summed E-state index contributed by atoms with van der Waals surface area (Å²) in [6, 6.07) is 8.08. The van der Waals surface area contributed by atoms with Gasteiger partial charge in [0, 0.05) is 5.57 Å². The summed E-state index contributed by atoms with van der Waals surface area (Å²) in [7, 11) is 0. The van der Waals surface area contributed by atoms with E-state index < -0.39 is 0 Å². The SMILES string of the molecule is O.O=C1C=CC=C2C1=Cc1ccccc12. The molecule has 0 spiro atoms. The highest BCUT2D eigenvalue weighted by Gasteiger charge is 2.23. The van der Waals surface area contributed by atoms with Crippen molar-refractivity contribution in [1.29, 1.82) is 0 Å². The summed E-state index contributed by atoms with van der Waals surface area (Å²) in [6.45, 7) is 0. The van der Waals surface area contributed by atoms with Gasteiger partial charge in [-0.25, -0.2) is 0 Å². The number of hydrogen-bond acceptors (Lipinski definition) is 1. The Hall–Kier alpha value is -1.93. The molecule has 1 aromatic carbocycles. The van der Waals surface area contributed by atoms with Crippen molar-refractivity contribution in [2.45, 2.75) is 0 Å². The second-order valence-corrected chi connectivity index (χ2v) is 3.45. The van der Waals surface area contributed by atoms with E-state index >= 15 is 0 Å². The lowest BCUT2D eigenvalue weighted by atomic mass is 9.96. The van der Waals surface area contributed by atoms with E-state index in [0.717, 1.165) is 16.7 Å². The Morgan fingerprint density at radius 2 is 1.80 bits per heavy atom. The monoisotopic (exact) mass is 198 g/mol. The molecule has 0 saturated carbocycles. The lowest BCUT2D eigenvalue weighted by Crippen LogP contribution is -2.00. The van der Waals surface area contributed by atoms with Gasteiger partial charge < -0.3 is 5.48 Å². The van der Waals surface area contributed by atoms with Crippen LogP contribution in [0.15, 0.2) is 48.1 Å². The minimum absolute atomic E-state index is 0. The topological polar surface area (TPSA) is 48.6 Å². The lowest BCUT2D eigenvalue weighted by molar-refractivity contribution is -0.110. The van der Waals surface area contributed by atoms with E-state index in [2.05, 4.69) is 6.07 Å². The number of carbonyl (C=O) groups is 1. The molecule has 0 fully saturated rings. The van der Waals surface area contributed by atoms with E-state index in [1.165, 1.54) is 5.56 Å². The fourth-order valence-corrected chi connectivity index (χ4v) is 1.95. The van der Waals surface area contributed by atoms with Crippen LogP contribution in [-0.4, -0.2) is 11.3 Å². The van der Waals surface area contributed by atoms with E-state index in [0.29, 0.717) is 0 Å². The summed E-state index contributed by atoms with van der Waals surface area (Å²) in [6.07, 6.45) is 7.39. The number of rotatable bonds is 0. The van der Waals surface area contributed by atoms with Crippen molar-refractivity contribution in [3.05, 3.63) is 59.2 Å². The lowest BCUT2D eigenvalue weighted by Gasteiger charge is -2.06. The fourth-order valence-electron chi connectivity index (χ4n) is 1.95. The molecule has 1 aromatic rings. The van der Waals surface area contributed by atoms with Crippen molar-refractivity contribution < 1.29 is 10.3 Å². The summed E-state index contributed by atoms with van der Waals surface area (Å²) in [5.74, 6) is 0.110. The zero-order valence-electron chi connectivity index (χ0n) is 8.03. The third-order valence-corrected chi connectivity index (χ3v) is 2.62. The zero-order valence-corrected chi connectivity index (χ0v) is 8.03. The number of carbonyl (C=O) groups excluding carboxylic acids is 1. The van der Waals surface area contributed by atoms with Gasteiger partial charge >= 0.3 is 0 Å². The maximum absolute atomic E-state index is 11.5. The quantitative estimate of drug-likeness (QED) is 0.626. The summed E-state index contributed by atoms with van der Waals surface area (Å²) in [5.41, 5.74) is 4.20. The highest BCUT2D eigenvalue weighted by molar-refractivity contribution is 6.23. The molecule has 2 heteroatoms. The Kier molecular flexibility index (Phi) is 2.14. The Bertz CT molecular complexity index is 519. The predicted octanol–water partition coefficient (Wildman–Crippen LogP) is 1.78. The normalized spacial score (nSPS) is 16.1. The maximum Gasteiger partial charge on any atom is 0.186 e. The molecular weight excluding hydrogens is 188 g/mol. The van der Waals surface area contributed by atoms with Gasteiger partial charge in [-0.2, -0.15) is 0 Å². The Morgan fingerprint density at radius 3 is 2.67 bits per heavy atom. The van der Waals surface area contributed by atoms with Crippen LogP contribution in [0.4, 0.5) is 0 Å². The van der Waals surface area contributed by atoms with Crippen molar-refractivity contribution in [2.75, 3.05) is 0 Å². The summed E-state index contributed by atoms with van der Waals surface area (Å²) in [4.78, 5) is 11.5. The molecule has 3 rings (SSSR count). The molecule has 2 nitrogen and oxygen atoms in total. The molecule has 0 aliphatic heterocycles. The molecule has 0 heterocycles. The van der Waals surface area contributed by atoms with Crippen molar-refractivity contribution in [1.82, 2.24) is 0 Å². The average Bonchev–Trinajstić information content (AvgIpc) is 2.59. The number of ketones is 1. The summed E-state index contributed by atoms with van der Waals surface area (Å²) in [5, 5.41) is 0. The first-order valence-electron chi connectivity index (χ1n) is 4.60. The van der Waals surface area contributed by atoms with Crippen LogP contribution >= 0.6 is 0 Å². The minimum atomic E-state index is 0. The Labute approximate surface area is 87.5 Å². The van der Waals surface area contributed by atoms with Gasteiger partial charge in [0.05, 0.1) is 0 Å². The van der Waals surface area contributed by atoms with Crippen molar-refractivity contribution >= 4 is 17.4 Å². The number of fused-ring (bicyclic) bond motifs is 3. The number of allylic oxidation sites excluding steroid dienone is 5. The molecule has 0 bridgehead atoms. The molecule has 0 atom stereocenters. The fraction of sp³-hybridized carbons (Fsp3) is 0. The third kappa shape index (κ3) is 1.27. The molecule has 0 saturated heterocycles. The first kappa shape index (κ1) is 9.62. The first-order valence-corrected chi connectivity index (χ1v) is 4.60. The molecule has 0 amide bonds. The summed E-state index contributed by atoms with van der Waals surface area (Å²) < 4.78 is 0. The second-order valence-electron chi connectivity index (χ2n) is 3.45. The van der Waals surface area contributed by atoms with Crippen LogP contribution in [-0.2, 0) is 4.79 Å². The summed E-state index contributed by atoms with van der Waals surface area (Å²) >= 11 is 0. The number of benzene rings is 1. The highest BCUT2D eigenvalue weighted by atomic mass is 16.1. The molecule has 0 aromatic heterocycles. The van der Waals surface area contributed by atoms with Crippen LogP contribution in [0.2, 0.25) is 0 Å². The molecule has 2 N–H and O–H groups in total. The van der Waals surface area contributed by atoms with Gasteiger partial charge in [-0.1, -0.05) is 36.4 Å². The largest absolute Gasteiger partial charge is 0.412 e. The third-order valence-electron chi connectivity index (χ3n) is 2.62. The van der Waals surface area contributed by atoms with Crippen LogP contribution in [0.5, 0.6) is 0 Å². The van der Waals surface area contributed by atoms with E-state index in [1.54, 1.807) is 6.08 Å². The number of hydrogen-bond donors (Lipinski definition) is 0. The van der Waals surface area contributed by atoms with Gasteiger partial charge in [-0.05, 0) is 28.9 Å². The second kappa shape index (κ2) is 3.33. The standard InChI is InChI=1S/C13H8O.H2O/c14-13-7-3-6-11-10-5-2-1-4-9(10)8-12(11)13;/h1-8H;1H2. The van der Waals surface area contributed by atoms with Crippen LogP contribution in [0.3, 0.4) is 0 Å². The Morgan fingerprint density at radius 1 is 1.00 bits per heavy atom. The predicted molar refractivity (Wildman–Crippen MR) is 60.2 cm³/mol. The maximum atomic E-state index is 11.5. The van der Waals surface area contributed by atoms with Gasteiger partial charge in [-0.3, -0.25) is 4.79 Å². The minimum Gasteiger partial charge on any atom is -0.412 e. The van der Waals surface area contributed by atoms with E-state index in [4.69, 9.17) is 0 Å². The molecule has 2 aliphatic rings. The van der Waals surface area contributed by atoms with Gasteiger partial charge in [0.25, 0.3) is 0 Å². The molecule has 15 heavy (non-hydrogen) atoms. The van der Waals surface area contributed by atoms with E-state index in [-0.39, 0.29) is 11.3 Å². The molecule has 0 unspecified atom stereocenters. The van der Waals surface area contributed by atoms with E-state index in [9.17, 15) is 4.79 Å². The van der Waals surface area contributed by atoms with Crippen LogP contribution in [0.25, 0.3) is 11.6 Å². The molecule has 2 aliphatic carbocycles. The van der Waals surface area contributed by atoms with Gasteiger partial charge in [0.1, 0.15) is 0 Å².